The van der Waals surface area contributed by atoms with Gasteiger partial charge in [-0.05, 0) is 37.2 Å². The highest BCUT2D eigenvalue weighted by Crippen LogP contribution is 2.30. The Bertz CT molecular complexity index is 625. The zero-order chi connectivity index (χ0) is 15.8. The summed E-state index contributed by atoms with van der Waals surface area (Å²) in [7, 11) is -2.22. The number of rotatable bonds is 3. The van der Waals surface area contributed by atoms with Gasteiger partial charge in [-0.2, -0.15) is 0 Å². The molecule has 6 nitrogen and oxygen atoms in total. The monoisotopic (exact) mass is 314 g/mol. The molecule has 0 radical (unpaired) electrons. The van der Waals surface area contributed by atoms with Crippen molar-refractivity contribution in [3.8, 4) is 0 Å². The molecule has 21 heavy (non-hydrogen) atoms. The number of ether oxygens (including phenoxy) is 1. The smallest absolute Gasteiger partial charge is 0.355 e. The zero-order valence-corrected chi connectivity index (χ0v) is 13.4. The van der Waals surface area contributed by atoms with Crippen molar-refractivity contribution in [1.82, 2.24) is 4.57 Å². The SMILES string of the molecule is CC1CC(C)CC(OC(=O)c2cc(S(N)(=O)=O)cn2C)C1. The highest BCUT2D eigenvalue weighted by atomic mass is 32.2. The molecule has 0 bridgehead atoms. The number of primary sulfonamides is 1. The number of aryl methyl sites for hydroxylation is 1. The van der Waals surface area contributed by atoms with Crippen molar-refractivity contribution in [3.63, 3.8) is 0 Å². The lowest BCUT2D eigenvalue weighted by Crippen LogP contribution is -2.29. The van der Waals surface area contributed by atoms with E-state index < -0.39 is 16.0 Å². The van der Waals surface area contributed by atoms with Gasteiger partial charge >= 0.3 is 5.97 Å². The lowest BCUT2D eigenvalue weighted by molar-refractivity contribution is 0.00709. The molecule has 1 aromatic rings. The van der Waals surface area contributed by atoms with Crippen LogP contribution in [0.4, 0.5) is 0 Å². The lowest BCUT2D eigenvalue weighted by atomic mass is 9.82. The molecule has 0 amide bonds. The summed E-state index contributed by atoms with van der Waals surface area (Å²) in [5.41, 5.74) is 0.199. The van der Waals surface area contributed by atoms with Gasteiger partial charge < -0.3 is 9.30 Å². The van der Waals surface area contributed by atoms with E-state index in [0.29, 0.717) is 11.8 Å². The predicted molar refractivity (Wildman–Crippen MR) is 78.2 cm³/mol. The van der Waals surface area contributed by atoms with E-state index in [1.807, 2.05) is 0 Å². The molecule has 2 atom stereocenters. The van der Waals surface area contributed by atoms with E-state index in [1.54, 1.807) is 7.05 Å². The van der Waals surface area contributed by atoms with Crippen molar-refractivity contribution < 1.29 is 17.9 Å². The summed E-state index contributed by atoms with van der Waals surface area (Å²) in [6.07, 6.45) is 4.06. The molecule has 2 unspecified atom stereocenters. The quantitative estimate of drug-likeness (QED) is 0.859. The van der Waals surface area contributed by atoms with Crippen LogP contribution in [0.25, 0.3) is 0 Å². The minimum atomic E-state index is -3.82. The Morgan fingerprint density at radius 3 is 2.33 bits per heavy atom. The van der Waals surface area contributed by atoms with Gasteiger partial charge in [-0.15, -0.1) is 0 Å². The minimum absolute atomic E-state index is 0.0812. The van der Waals surface area contributed by atoms with Crippen LogP contribution in [0.5, 0.6) is 0 Å². The summed E-state index contributed by atoms with van der Waals surface area (Å²) >= 11 is 0. The van der Waals surface area contributed by atoms with E-state index in [9.17, 15) is 13.2 Å². The molecule has 0 aromatic carbocycles. The van der Waals surface area contributed by atoms with Crippen LogP contribution in [0.1, 0.15) is 43.6 Å². The Morgan fingerprint density at radius 2 is 1.86 bits per heavy atom. The fraction of sp³-hybridized carbons (Fsp3) is 0.643. The molecular weight excluding hydrogens is 292 g/mol. The van der Waals surface area contributed by atoms with Crippen LogP contribution in [-0.2, 0) is 21.8 Å². The molecule has 1 fully saturated rings. The molecule has 0 spiro atoms. The standard InChI is InChI=1S/C14H22N2O4S/c1-9-4-10(2)6-11(5-9)20-14(17)13-7-12(8-16(13)3)21(15,18)19/h7-11H,4-6H2,1-3H3,(H2,15,18,19). The summed E-state index contributed by atoms with van der Waals surface area (Å²) in [6.45, 7) is 4.30. The number of nitrogens with zero attached hydrogens (tertiary/aromatic N) is 1. The highest BCUT2D eigenvalue weighted by molar-refractivity contribution is 7.89. The third kappa shape index (κ3) is 3.85. The average molecular weight is 314 g/mol. The van der Waals surface area contributed by atoms with Crippen molar-refractivity contribution >= 4 is 16.0 Å². The maximum Gasteiger partial charge on any atom is 0.355 e. The highest BCUT2D eigenvalue weighted by Gasteiger charge is 2.28. The van der Waals surface area contributed by atoms with Crippen LogP contribution in [0.3, 0.4) is 0 Å². The fourth-order valence-electron chi connectivity index (χ4n) is 3.07. The summed E-state index contributed by atoms with van der Waals surface area (Å²) in [4.78, 5) is 12.1. The maximum absolute atomic E-state index is 12.2. The molecule has 2 N–H and O–H groups in total. The van der Waals surface area contributed by atoms with E-state index in [1.165, 1.54) is 16.8 Å². The van der Waals surface area contributed by atoms with Gasteiger partial charge in [-0.3, -0.25) is 0 Å². The number of hydrogen-bond acceptors (Lipinski definition) is 4. The number of hydrogen-bond donors (Lipinski definition) is 1. The molecule has 1 heterocycles. The summed E-state index contributed by atoms with van der Waals surface area (Å²) in [6, 6.07) is 1.26. The number of esters is 1. The second-order valence-electron chi connectivity index (χ2n) is 6.16. The van der Waals surface area contributed by atoms with Gasteiger partial charge in [0.15, 0.2) is 0 Å². The minimum Gasteiger partial charge on any atom is -0.458 e. The second-order valence-corrected chi connectivity index (χ2v) is 7.72. The third-order valence-electron chi connectivity index (χ3n) is 3.93. The van der Waals surface area contributed by atoms with Crippen molar-refractivity contribution in [2.75, 3.05) is 0 Å². The maximum atomic E-state index is 12.2. The van der Waals surface area contributed by atoms with Gasteiger partial charge in [0, 0.05) is 13.2 Å². The van der Waals surface area contributed by atoms with Gasteiger partial charge in [0.05, 0.1) is 0 Å². The topological polar surface area (TPSA) is 91.4 Å². The number of carbonyl (C=O) groups is 1. The van der Waals surface area contributed by atoms with Crippen LogP contribution in [0, 0.1) is 11.8 Å². The normalized spacial score (nSPS) is 26.6. The zero-order valence-electron chi connectivity index (χ0n) is 12.6. The lowest BCUT2D eigenvalue weighted by Gasteiger charge is -2.30. The Balaban J connectivity index is 2.12. The van der Waals surface area contributed by atoms with E-state index >= 15 is 0 Å². The summed E-state index contributed by atoms with van der Waals surface area (Å²) in [5, 5.41) is 5.07. The Kier molecular flexibility index (Phi) is 4.43. The molecule has 118 valence electrons. The van der Waals surface area contributed by atoms with Crippen molar-refractivity contribution in [1.29, 1.82) is 0 Å². The first-order chi connectivity index (χ1) is 9.66. The number of carbonyl (C=O) groups excluding carboxylic acids is 1. The average Bonchev–Trinajstić information content (AvgIpc) is 2.69. The fourth-order valence-corrected chi connectivity index (χ4v) is 3.65. The molecule has 0 saturated heterocycles. The molecule has 2 rings (SSSR count). The molecule has 1 aliphatic carbocycles. The largest absolute Gasteiger partial charge is 0.458 e. The third-order valence-corrected chi connectivity index (χ3v) is 4.81. The van der Waals surface area contributed by atoms with Crippen molar-refractivity contribution in [3.05, 3.63) is 18.0 Å². The molecule has 0 aliphatic heterocycles. The number of sulfonamides is 1. The van der Waals surface area contributed by atoms with E-state index in [2.05, 4.69) is 13.8 Å². The van der Waals surface area contributed by atoms with Gasteiger partial charge in [0.1, 0.15) is 16.7 Å². The van der Waals surface area contributed by atoms with Crippen LogP contribution < -0.4 is 5.14 Å². The first-order valence-corrected chi connectivity index (χ1v) is 8.61. The first kappa shape index (κ1) is 16.0. The van der Waals surface area contributed by atoms with Gasteiger partial charge in [0.2, 0.25) is 10.0 Å². The van der Waals surface area contributed by atoms with Crippen LogP contribution in [0.2, 0.25) is 0 Å². The molecular formula is C14H22N2O4S. The summed E-state index contributed by atoms with van der Waals surface area (Å²) in [5.74, 6) is 0.554. The van der Waals surface area contributed by atoms with E-state index in [0.717, 1.165) is 19.3 Å². The van der Waals surface area contributed by atoms with Gasteiger partial charge in [0.25, 0.3) is 0 Å². The van der Waals surface area contributed by atoms with Crippen LogP contribution in [-0.4, -0.2) is 25.1 Å². The first-order valence-electron chi connectivity index (χ1n) is 7.07. The number of nitrogens with two attached hydrogens (primary N) is 1. The molecule has 1 aliphatic rings. The van der Waals surface area contributed by atoms with Crippen LogP contribution in [0.15, 0.2) is 17.2 Å². The van der Waals surface area contributed by atoms with Gasteiger partial charge in [-0.1, -0.05) is 13.8 Å². The Morgan fingerprint density at radius 1 is 1.29 bits per heavy atom. The van der Waals surface area contributed by atoms with Crippen molar-refractivity contribution in [2.45, 2.75) is 44.1 Å². The van der Waals surface area contributed by atoms with E-state index in [4.69, 9.17) is 9.88 Å². The predicted octanol–water partition coefficient (Wildman–Crippen LogP) is 1.65. The Hall–Kier alpha value is -1.34. The van der Waals surface area contributed by atoms with E-state index in [-0.39, 0.29) is 16.7 Å². The molecule has 7 heteroatoms. The van der Waals surface area contributed by atoms with Gasteiger partial charge in [-0.25, -0.2) is 18.4 Å². The molecule has 1 aromatic heterocycles. The Labute approximate surface area is 125 Å². The van der Waals surface area contributed by atoms with Crippen LogP contribution >= 0.6 is 0 Å². The van der Waals surface area contributed by atoms with Crippen molar-refractivity contribution in [2.24, 2.45) is 24.0 Å². The molecule has 1 saturated carbocycles. The second kappa shape index (κ2) is 5.81. The number of aromatic nitrogens is 1. The summed E-state index contributed by atoms with van der Waals surface area (Å²) < 4.78 is 29.6.